The normalized spacial score (nSPS) is 15.4. The van der Waals surface area contributed by atoms with Gasteiger partial charge in [0.2, 0.25) is 0 Å². The van der Waals surface area contributed by atoms with Crippen LogP contribution in [-0.2, 0) is 0 Å². The molecule has 3 rings (SSSR count). The van der Waals surface area contributed by atoms with Crippen molar-refractivity contribution in [2.24, 2.45) is 0 Å². The molecule has 0 radical (unpaired) electrons. The van der Waals surface area contributed by atoms with Crippen molar-refractivity contribution in [3.8, 4) is 5.75 Å². The van der Waals surface area contributed by atoms with E-state index in [2.05, 4.69) is 9.97 Å². The number of hydrogen-bond donors (Lipinski definition) is 1. The molecule has 0 spiro atoms. The molecule has 2 heterocycles. The Balaban J connectivity index is 1.61. The molecule has 2 aromatic rings. The second-order valence-electron chi connectivity index (χ2n) is 5.30. The highest BCUT2D eigenvalue weighted by Crippen LogP contribution is 2.23. The molecule has 0 aliphatic carbocycles. The van der Waals surface area contributed by atoms with Crippen molar-refractivity contribution in [3.63, 3.8) is 0 Å². The van der Waals surface area contributed by atoms with Gasteiger partial charge < -0.3 is 14.7 Å². The van der Waals surface area contributed by atoms with E-state index in [9.17, 15) is 9.18 Å². The van der Waals surface area contributed by atoms with Gasteiger partial charge in [-0.25, -0.2) is 14.2 Å². The predicted molar refractivity (Wildman–Crippen MR) is 81.3 cm³/mol. The van der Waals surface area contributed by atoms with Crippen molar-refractivity contribution in [1.29, 1.82) is 0 Å². The highest BCUT2D eigenvalue weighted by Gasteiger charge is 2.23. The maximum atomic E-state index is 13.6. The van der Waals surface area contributed by atoms with Crippen molar-refractivity contribution in [2.45, 2.75) is 18.9 Å². The van der Waals surface area contributed by atoms with E-state index in [4.69, 9.17) is 9.84 Å². The largest absolute Gasteiger partial charge is 0.487 e. The number of carboxylic acid groups (broad SMARTS) is 1. The Kier molecular flexibility index (Phi) is 4.36. The summed E-state index contributed by atoms with van der Waals surface area (Å²) in [7, 11) is 0. The lowest BCUT2D eigenvalue weighted by Crippen LogP contribution is -2.39. The van der Waals surface area contributed by atoms with E-state index in [1.165, 1.54) is 12.3 Å². The molecule has 6 nitrogen and oxygen atoms in total. The van der Waals surface area contributed by atoms with Crippen molar-refractivity contribution in [1.82, 2.24) is 9.97 Å². The van der Waals surface area contributed by atoms with Gasteiger partial charge in [0.1, 0.15) is 11.9 Å². The molecule has 0 atom stereocenters. The lowest BCUT2D eigenvalue weighted by molar-refractivity contribution is 0.0690. The number of carboxylic acids is 1. The highest BCUT2D eigenvalue weighted by molar-refractivity contribution is 5.85. The fourth-order valence-electron chi connectivity index (χ4n) is 2.53. The second-order valence-corrected chi connectivity index (χ2v) is 5.30. The summed E-state index contributed by atoms with van der Waals surface area (Å²) < 4.78 is 19.3. The minimum Gasteiger partial charge on any atom is -0.487 e. The third kappa shape index (κ3) is 3.56. The molecule has 1 aromatic heterocycles. The molecule has 120 valence electrons. The number of rotatable bonds is 4. The van der Waals surface area contributed by atoms with E-state index < -0.39 is 5.97 Å². The number of nitrogens with zero attached hydrogens (tertiary/aromatic N) is 3. The van der Waals surface area contributed by atoms with Gasteiger partial charge in [0.05, 0.1) is 12.4 Å². The Morgan fingerprint density at radius 2 is 2.00 bits per heavy atom. The van der Waals surface area contributed by atoms with Crippen molar-refractivity contribution < 1.29 is 19.0 Å². The molecule has 0 saturated carbocycles. The first-order chi connectivity index (χ1) is 11.1. The van der Waals surface area contributed by atoms with E-state index in [0.29, 0.717) is 31.7 Å². The van der Waals surface area contributed by atoms with E-state index in [1.807, 2.05) is 4.90 Å². The first-order valence-electron chi connectivity index (χ1n) is 7.35. The molecule has 0 bridgehead atoms. The summed E-state index contributed by atoms with van der Waals surface area (Å²) in [5.41, 5.74) is -0.0766. The van der Waals surface area contributed by atoms with Gasteiger partial charge in [-0.2, -0.15) is 0 Å². The smallest absolute Gasteiger partial charge is 0.356 e. The van der Waals surface area contributed by atoms with Gasteiger partial charge in [0.15, 0.2) is 17.3 Å². The molecule has 23 heavy (non-hydrogen) atoms. The SMILES string of the molecule is O=C(O)c1cncc(N2CCC(Oc3ccccc3F)CC2)n1. The Labute approximate surface area is 132 Å². The van der Waals surface area contributed by atoms with Crippen LogP contribution in [0.4, 0.5) is 10.2 Å². The standard InChI is InChI=1S/C16H16FN3O3/c17-12-3-1-2-4-14(12)23-11-5-7-20(8-6-11)15-10-18-9-13(19-15)16(21)22/h1-4,9-11H,5-8H2,(H,21,22). The van der Waals surface area contributed by atoms with Crippen LogP contribution in [0.5, 0.6) is 5.75 Å². The molecule has 1 aliphatic rings. The van der Waals surface area contributed by atoms with Crippen LogP contribution in [0, 0.1) is 5.82 Å². The number of aromatic nitrogens is 2. The number of ether oxygens (including phenoxy) is 1. The minimum atomic E-state index is -1.10. The Morgan fingerprint density at radius 3 is 2.70 bits per heavy atom. The first kappa shape index (κ1) is 15.2. The highest BCUT2D eigenvalue weighted by atomic mass is 19.1. The summed E-state index contributed by atoms with van der Waals surface area (Å²) in [5.74, 6) is -0.667. The lowest BCUT2D eigenvalue weighted by atomic mass is 10.1. The number of halogens is 1. The summed E-state index contributed by atoms with van der Waals surface area (Å²) >= 11 is 0. The predicted octanol–water partition coefficient (Wildman–Crippen LogP) is 2.36. The topological polar surface area (TPSA) is 75.5 Å². The number of carbonyl (C=O) groups is 1. The molecule has 1 N–H and O–H groups in total. The zero-order chi connectivity index (χ0) is 16.2. The average Bonchev–Trinajstić information content (AvgIpc) is 2.58. The summed E-state index contributed by atoms with van der Waals surface area (Å²) in [5, 5.41) is 8.96. The van der Waals surface area contributed by atoms with Gasteiger partial charge in [-0.3, -0.25) is 4.98 Å². The lowest BCUT2D eigenvalue weighted by Gasteiger charge is -2.32. The quantitative estimate of drug-likeness (QED) is 0.933. The molecule has 1 fully saturated rings. The van der Waals surface area contributed by atoms with E-state index in [0.717, 1.165) is 0 Å². The van der Waals surface area contributed by atoms with Crippen LogP contribution < -0.4 is 9.64 Å². The maximum Gasteiger partial charge on any atom is 0.356 e. The summed E-state index contributed by atoms with van der Waals surface area (Å²) in [4.78, 5) is 20.9. The van der Waals surface area contributed by atoms with E-state index >= 15 is 0 Å². The van der Waals surface area contributed by atoms with Crippen molar-refractivity contribution >= 4 is 11.8 Å². The van der Waals surface area contributed by atoms with Crippen molar-refractivity contribution in [2.75, 3.05) is 18.0 Å². The zero-order valence-electron chi connectivity index (χ0n) is 12.4. The van der Waals surface area contributed by atoms with Crippen LogP contribution in [0.15, 0.2) is 36.7 Å². The number of benzene rings is 1. The minimum absolute atomic E-state index is 0.0706. The fraction of sp³-hybridized carbons (Fsp3) is 0.312. The molecule has 0 unspecified atom stereocenters. The Hall–Kier alpha value is -2.70. The van der Waals surface area contributed by atoms with Gasteiger partial charge >= 0.3 is 5.97 Å². The van der Waals surface area contributed by atoms with Gasteiger partial charge in [-0.05, 0) is 12.1 Å². The first-order valence-corrected chi connectivity index (χ1v) is 7.35. The molecule has 7 heteroatoms. The van der Waals surface area contributed by atoms with Gasteiger partial charge in [0, 0.05) is 25.9 Å². The number of aromatic carboxylic acids is 1. The van der Waals surface area contributed by atoms with Crippen LogP contribution in [0.1, 0.15) is 23.3 Å². The summed E-state index contributed by atoms with van der Waals surface area (Å²) in [6.45, 7) is 1.30. The van der Waals surface area contributed by atoms with Crippen LogP contribution in [0.3, 0.4) is 0 Å². The number of piperidine rings is 1. The van der Waals surface area contributed by atoms with Gasteiger partial charge in [0.25, 0.3) is 0 Å². The van der Waals surface area contributed by atoms with Crippen LogP contribution in [-0.4, -0.2) is 40.2 Å². The maximum absolute atomic E-state index is 13.6. The van der Waals surface area contributed by atoms with Crippen LogP contribution in [0.25, 0.3) is 0 Å². The molecule has 1 saturated heterocycles. The van der Waals surface area contributed by atoms with E-state index in [1.54, 1.807) is 24.4 Å². The van der Waals surface area contributed by atoms with Gasteiger partial charge in [-0.15, -0.1) is 0 Å². The number of anilines is 1. The molecular formula is C16H16FN3O3. The Morgan fingerprint density at radius 1 is 1.26 bits per heavy atom. The Bertz CT molecular complexity index is 702. The zero-order valence-corrected chi connectivity index (χ0v) is 12.4. The number of hydrogen-bond acceptors (Lipinski definition) is 5. The summed E-state index contributed by atoms with van der Waals surface area (Å²) in [6, 6.07) is 6.35. The summed E-state index contributed by atoms with van der Waals surface area (Å²) in [6.07, 6.45) is 4.10. The molecule has 1 aromatic carbocycles. The fourth-order valence-corrected chi connectivity index (χ4v) is 2.53. The molecule has 0 amide bonds. The monoisotopic (exact) mass is 317 g/mol. The third-order valence-electron chi connectivity index (χ3n) is 3.74. The molecular weight excluding hydrogens is 301 g/mol. The second kappa shape index (κ2) is 6.60. The van der Waals surface area contributed by atoms with Gasteiger partial charge in [-0.1, -0.05) is 12.1 Å². The van der Waals surface area contributed by atoms with E-state index in [-0.39, 0.29) is 23.4 Å². The number of para-hydroxylation sites is 1. The third-order valence-corrected chi connectivity index (χ3v) is 3.74. The van der Waals surface area contributed by atoms with Crippen molar-refractivity contribution in [3.05, 3.63) is 48.2 Å². The van der Waals surface area contributed by atoms with Crippen LogP contribution in [0.2, 0.25) is 0 Å². The average molecular weight is 317 g/mol. The van der Waals surface area contributed by atoms with Crippen LogP contribution >= 0.6 is 0 Å². The molecule has 1 aliphatic heterocycles.